The number of hydrogen-bond donors (Lipinski definition) is 15. The van der Waals surface area contributed by atoms with E-state index in [0.717, 1.165) is 34.4 Å². The minimum absolute atomic E-state index is 0.119. The number of nitrogens with two attached hydrogens (primary N) is 4. The number of guanidine groups is 1. The first-order valence-electron chi connectivity index (χ1n) is 27.5. The highest BCUT2D eigenvalue weighted by atomic mass is 16.4. The Morgan fingerprint density at radius 3 is 1.94 bits per heavy atom. The number of hydrogen-bond acceptors (Lipinski definition) is 16. The minimum atomic E-state index is -1.85. The highest BCUT2D eigenvalue weighted by Crippen LogP contribution is 2.21. The van der Waals surface area contributed by atoms with Crippen LogP contribution >= 0.6 is 0 Å². The van der Waals surface area contributed by atoms with Crippen molar-refractivity contribution in [3.8, 4) is 0 Å². The van der Waals surface area contributed by atoms with Crippen LogP contribution in [0, 0.1) is 5.92 Å². The molecule has 458 valence electrons. The van der Waals surface area contributed by atoms with Gasteiger partial charge in [-0.3, -0.25) is 52.9 Å². The highest BCUT2D eigenvalue weighted by molar-refractivity contribution is 5.98. The van der Waals surface area contributed by atoms with E-state index in [0.29, 0.717) is 36.9 Å². The molecule has 0 aliphatic carbocycles. The number of H-pyrrole nitrogens is 1. The number of aliphatic hydroxyl groups excluding tert-OH is 2. The van der Waals surface area contributed by atoms with E-state index in [2.05, 4.69) is 52.2 Å². The molecule has 3 aromatic rings. The predicted octanol–water partition coefficient (Wildman–Crippen LogP) is -3.92. The molecule has 0 aliphatic rings. The molecule has 3 rings (SSSR count). The summed E-state index contributed by atoms with van der Waals surface area (Å²) in [6, 6.07) is 2.72. The van der Waals surface area contributed by atoms with E-state index in [4.69, 9.17) is 22.9 Å². The van der Waals surface area contributed by atoms with Gasteiger partial charge in [0.2, 0.25) is 53.2 Å². The maximum atomic E-state index is 14.5. The van der Waals surface area contributed by atoms with Crippen molar-refractivity contribution >= 4 is 75.9 Å². The van der Waals surface area contributed by atoms with E-state index in [1.807, 2.05) is 31.2 Å². The number of carbonyl (C=O) groups is 10. The van der Waals surface area contributed by atoms with Crippen LogP contribution in [0.4, 0.5) is 0 Å². The number of imidazole rings is 1. The number of carboxylic acid groups (broad SMARTS) is 1. The van der Waals surface area contributed by atoms with Crippen LogP contribution in [0.1, 0.15) is 84.9 Å². The van der Waals surface area contributed by atoms with Crippen LogP contribution in [0.15, 0.2) is 60.0 Å². The Morgan fingerprint density at radius 1 is 0.699 bits per heavy atom. The number of benzene rings is 2. The number of carboxylic acids is 1. The molecule has 1 heterocycles. The van der Waals surface area contributed by atoms with Gasteiger partial charge in [0.1, 0.15) is 42.8 Å². The maximum Gasteiger partial charge on any atom is 0.323 e. The molecule has 0 aliphatic heterocycles. The number of aliphatic imine (C=N–C) groups is 1. The van der Waals surface area contributed by atoms with Crippen LogP contribution in [0.25, 0.3) is 10.8 Å². The molecular weight excluding hydrogens is 1080 g/mol. The Kier molecular flexibility index (Phi) is 29.0. The van der Waals surface area contributed by atoms with Gasteiger partial charge in [0.15, 0.2) is 5.96 Å². The molecule has 83 heavy (non-hydrogen) atoms. The fraction of sp³-hybridized carbons (Fsp3) is 0.556. The second kappa shape index (κ2) is 34.9. The lowest BCUT2D eigenvalue weighted by Gasteiger charge is -2.31. The standard InChI is InChI=1S/C54H84N16O13/c1-7-9-21-70(28-43(75)76)53(83)44(30(3)8-2)66-41(73)27-69(22-19-55)42(74)26-61-51(81)45(32(5)71)68-52(82)46(33(6)72)67-50(80)40(24-36-25-59-29-62-36)65-49(79)39(23-35-16-12-15-34-14-10-11-17-37(34)35)64-47(77)31(4)63-48(78)38(56)18-13-20-60-54(57)58/h10-12,14-17,25,29-33,38-40,44-46,71-72H,7-9,13,18-24,26-28,55-56H2,1-6H3,(H,59,62)(H,61,81)(H,63,78)(H,64,77)(H,65,79)(H,66,73)(H,67,80)(H,68,82)(H,75,76)(H4,57,58,60)/t30?,31-,32+,33+,38-,39-,40-,44-,45-,46-/m0/s1. The van der Waals surface area contributed by atoms with Crippen LogP contribution in [0.2, 0.25) is 0 Å². The van der Waals surface area contributed by atoms with Crippen molar-refractivity contribution in [2.24, 2.45) is 33.8 Å². The monoisotopic (exact) mass is 1160 g/mol. The number of fused-ring (bicyclic) bond motifs is 1. The molecule has 10 atom stereocenters. The molecule has 0 bridgehead atoms. The van der Waals surface area contributed by atoms with Crippen molar-refractivity contribution in [2.75, 3.05) is 45.8 Å². The third kappa shape index (κ3) is 22.9. The fourth-order valence-corrected chi connectivity index (χ4v) is 8.52. The molecule has 0 radical (unpaired) electrons. The molecule has 9 amide bonds. The van der Waals surface area contributed by atoms with Crippen molar-refractivity contribution in [1.29, 1.82) is 0 Å². The second-order valence-corrected chi connectivity index (χ2v) is 20.2. The Balaban J connectivity index is 1.82. The number of amides is 9. The zero-order valence-corrected chi connectivity index (χ0v) is 47.9. The van der Waals surface area contributed by atoms with E-state index in [1.54, 1.807) is 32.0 Å². The van der Waals surface area contributed by atoms with Gasteiger partial charge in [-0.15, -0.1) is 0 Å². The SMILES string of the molecule is CCCCN(CC(=O)O)C(=O)[C@@H](NC(=O)CN(CCN)C(=O)CNC(=O)[C@@H](NC(=O)[C@@H](NC(=O)[C@H](Cc1cnc[nH]1)NC(=O)[C@H](Cc1cccc2ccccc12)NC(=O)[C@H](C)NC(=O)[C@@H](N)CCCN=C(N)N)[C@@H](C)O)[C@@H](C)O)C(C)CC. The first kappa shape index (κ1) is 69.0. The summed E-state index contributed by atoms with van der Waals surface area (Å²) in [5.74, 6) is -9.61. The number of nitrogens with zero attached hydrogens (tertiary/aromatic N) is 4. The van der Waals surface area contributed by atoms with E-state index in [9.17, 15) is 63.3 Å². The largest absolute Gasteiger partial charge is 0.480 e. The van der Waals surface area contributed by atoms with E-state index in [-0.39, 0.29) is 51.4 Å². The number of rotatable bonds is 36. The molecule has 1 aromatic heterocycles. The number of aromatic nitrogens is 2. The molecule has 0 spiro atoms. The zero-order chi connectivity index (χ0) is 61.9. The summed E-state index contributed by atoms with van der Waals surface area (Å²) in [5, 5.41) is 50.2. The molecule has 2 aromatic carbocycles. The summed E-state index contributed by atoms with van der Waals surface area (Å²) in [5.41, 5.74) is 23.5. The normalized spacial score (nSPS) is 14.7. The maximum absolute atomic E-state index is 14.5. The van der Waals surface area contributed by atoms with Crippen LogP contribution in [0.3, 0.4) is 0 Å². The molecule has 19 N–H and O–H groups in total. The fourth-order valence-electron chi connectivity index (χ4n) is 8.52. The van der Waals surface area contributed by atoms with E-state index in [1.165, 1.54) is 19.4 Å². The van der Waals surface area contributed by atoms with E-state index >= 15 is 0 Å². The van der Waals surface area contributed by atoms with Crippen LogP contribution in [0.5, 0.6) is 0 Å². The third-order valence-electron chi connectivity index (χ3n) is 13.4. The van der Waals surface area contributed by atoms with Crippen LogP contribution in [-0.2, 0) is 60.8 Å². The van der Waals surface area contributed by atoms with E-state index < -0.39 is 139 Å². The lowest BCUT2D eigenvalue weighted by Crippen LogP contribution is -2.62. The van der Waals surface area contributed by atoms with Gasteiger partial charge in [-0.25, -0.2) is 4.98 Å². The lowest BCUT2D eigenvalue weighted by molar-refractivity contribution is -0.147. The zero-order valence-electron chi connectivity index (χ0n) is 47.9. The number of nitrogens with one attached hydrogen (secondary N) is 8. The Hall–Kier alpha value is -8.28. The number of aliphatic hydroxyl groups is 2. The van der Waals surface area contributed by atoms with Gasteiger partial charge in [0, 0.05) is 50.9 Å². The van der Waals surface area contributed by atoms with Gasteiger partial charge >= 0.3 is 5.97 Å². The molecular formula is C54H84N16O13. The van der Waals surface area contributed by atoms with Gasteiger partial charge in [-0.05, 0) is 62.3 Å². The summed E-state index contributed by atoms with van der Waals surface area (Å²) >= 11 is 0. The Labute approximate surface area is 481 Å². The highest BCUT2D eigenvalue weighted by Gasteiger charge is 2.37. The third-order valence-corrected chi connectivity index (χ3v) is 13.4. The number of aromatic amines is 1. The number of aliphatic carboxylic acids is 1. The van der Waals surface area contributed by atoms with Gasteiger partial charge in [-0.1, -0.05) is 76.1 Å². The average Bonchev–Trinajstić information content (AvgIpc) is 4.12. The quantitative estimate of drug-likeness (QED) is 0.0150. The Morgan fingerprint density at radius 2 is 1.33 bits per heavy atom. The van der Waals surface area contributed by atoms with Crippen molar-refractivity contribution < 1.29 is 63.3 Å². The lowest BCUT2D eigenvalue weighted by atomic mass is 9.97. The van der Waals surface area contributed by atoms with Gasteiger partial charge in [0.25, 0.3) is 0 Å². The Bertz CT molecular complexity index is 2680. The van der Waals surface area contributed by atoms with Gasteiger partial charge in [-0.2, -0.15) is 0 Å². The summed E-state index contributed by atoms with van der Waals surface area (Å²) in [6.07, 6.45) is 1.16. The molecule has 29 nitrogen and oxygen atoms in total. The first-order valence-corrected chi connectivity index (χ1v) is 27.5. The number of unbranched alkanes of at least 4 members (excludes halogenated alkanes) is 1. The van der Waals surface area contributed by atoms with Crippen LogP contribution in [-0.4, -0.2) is 200 Å². The van der Waals surface area contributed by atoms with Crippen molar-refractivity contribution in [3.05, 3.63) is 66.2 Å². The second-order valence-electron chi connectivity index (χ2n) is 20.2. The van der Waals surface area contributed by atoms with Crippen molar-refractivity contribution in [1.82, 2.24) is 57.0 Å². The topological polar surface area (TPSA) is 467 Å². The summed E-state index contributed by atoms with van der Waals surface area (Å²) < 4.78 is 0. The van der Waals surface area contributed by atoms with Crippen LogP contribution < -0.4 is 60.2 Å². The summed E-state index contributed by atoms with van der Waals surface area (Å²) in [6.45, 7) is 7.14. The summed E-state index contributed by atoms with van der Waals surface area (Å²) in [4.78, 5) is 148. The molecule has 29 heteroatoms. The summed E-state index contributed by atoms with van der Waals surface area (Å²) in [7, 11) is 0. The smallest absolute Gasteiger partial charge is 0.323 e. The molecule has 1 unspecified atom stereocenters. The first-order chi connectivity index (χ1) is 39.3. The van der Waals surface area contributed by atoms with Crippen molar-refractivity contribution in [3.63, 3.8) is 0 Å². The predicted molar refractivity (Wildman–Crippen MR) is 306 cm³/mol. The molecule has 0 saturated carbocycles. The van der Waals surface area contributed by atoms with Gasteiger partial charge < -0.3 is 90.3 Å². The minimum Gasteiger partial charge on any atom is -0.480 e. The number of carbonyl (C=O) groups excluding carboxylic acids is 9. The van der Waals surface area contributed by atoms with Gasteiger partial charge in [0.05, 0.1) is 37.7 Å². The molecule has 0 saturated heterocycles. The average molecular weight is 1170 g/mol. The molecule has 0 fully saturated rings. The van der Waals surface area contributed by atoms with Crippen molar-refractivity contribution in [2.45, 2.75) is 141 Å².